The molecule has 1 fully saturated rings. The van der Waals surface area contributed by atoms with E-state index in [2.05, 4.69) is 6.92 Å². The van der Waals surface area contributed by atoms with Gasteiger partial charge >= 0.3 is 5.97 Å². The highest BCUT2D eigenvalue weighted by molar-refractivity contribution is 5.74. The highest BCUT2D eigenvalue weighted by Gasteiger charge is 2.32. The van der Waals surface area contributed by atoms with Crippen LogP contribution in [0.1, 0.15) is 19.8 Å². The Morgan fingerprint density at radius 3 is 2.80 bits per heavy atom. The summed E-state index contributed by atoms with van der Waals surface area (Å²) >= 11 is 0. The molecule has 0 radical (unpaired) electrons. The number of hydrogen-bond donors (Lipinski definition) is 1. The van der Waals surface area contributed by atoms with Crippen LogP contribution in [0.2, 0.25) is 0 Å². The monoisotopic (exact) mass is 143 g/mol. The number of hydrogen-bond acceptors (Lipinski definition) is 2. The third kappa shape index (κ3) is 1.29. The van der Waals surface area contributed by atoms with E-state index in [1.165, 1.54) is 0 Å². The van der Waals surface area contributed by atoms with Gasteiger partial charge in [0.15, 0.2) is 0 Å². The SMILES string of the molecule is CCCN1CC[C@@H]1C(=O)O. The zero-order valence-electron chi connectivity index (χ0n) is 6.21. The molecular formula is C7H13NO2. The lowest BCUT2D eigenvalue weighted by atomic mass is 10.0. The molecule has 0 aliphatic carbocycles. The average molecular weight is 143 g/mol. The van der Waals surface area contributed by atoms with Crippen LogP contribution in [-0.4, -0.2) is 35.1 Å². The first kappa shape index (κ1) is 7.54. The van der Waals surface area contributed by atoms with Crippen LogP contribution in [0.4, 0.5) is 0 Å². The molecule has 1 heterocycles. The van der Waals surface area contributed by atoms with Gasteiger partial charge in [0.05, 0.1) is 0 Å². The van der Waals surface area contributed by atoms with Crippen LogP contribution in [0.5, 0.6) is 0 Å². The number of nitrogens with zero attached hydrogens (tertiary/aromatic N) is 1. The van der Waals surface area contributed by atoms with E-state index in [9.17, 15) is 4.79 Å². The smallest absolute Gasteiger partial charge is 0.320 e. The Morgan fingerprint density at radius 1 is 1.80 bits per heavy atom. The van der Waals surface area contributed by atoms with E-state index in [0.717, 1.165) is 25.9 Å². The van der Waals surface area contributed by atoms with Gasteiger partial charge < -0.3 is 5.11 Å². The summed E-state index contributed by atoms with van der Waals surface area (Å²) < 4.78 is 0. The van der Waals surface area contributed by atoms with Crippen molar-refractivity contribution < 1.29 is 9.90 Å². The largest absolute Gasteiger partial charge is 0.480 e. The second-order valence-corrected chi connectivity index (χ2v) is 2.68. The summed E-state index contributed by atoms with van der Waals surface area (Å²) in [5.41, 5.74) is 0. The van der Waals surface area contributed by atoms with Crippen molar-refractivity contribution in [3.63, 3.8) is 0 Å². The third-order valence-corrected chi connectivity index (χ3v) is 1.93. The van der Waals surface area contributed by atoms with E-state index in [1.807, 2.05) is 4.90 Å². The molecule has 3 nitrogen and oxygen atoms in total. The number of aliphatic carboxylic acids is 1. The Labute approximate surface area is 60.6 Å². The van der Waals surface area contributed by atoms with Gasteiger partial charge in [0.25, 0.3) is 0 Å². The van der Waals surface area contributed by atoms with Gasteiger partial charge in [0, 0.05) is 6.54 Å². The van der Waals surface area contributed by atoms with Crippen LogP contribution in [-0.2, 0) is 4.79 Å². The molecule has 1 N–H and O–H groups in total. The molecule has 1 rings (SSSR count). The van der Waals surface area contributed by atoms with Gasteiger partial charge in [0.1, 0.15) is 6.04 Å². The predicted octanol–water partition coefficient (Wildman–Crippen LogP) is 0.555. The predicted molar refractivity (Wildman–Crippen MR) is 37.9 cm³/mol. The van der Waals surface area contributed by atoms with Gasteiger partial charge in [-0.1, -0.05) is 6.92 Å². The average Bonchev–Trinajstić information content (AvgIpc) is 1.78. The van der Waals surface area contributed by atoms with Gasteiger partial charge in [-0.2, -0.15) is 0 Å². The molecule has 0 unspecified atom stereocenters. The lowest BCUT2D eigenvalue weighted by molar-refractivity contribution is -0.148. The van der Waals surface area contributed by atoms with E-state index >= 15 is 0 Å². The fourth-order valence-electron chi connectivity index (χ4n) is 1.28. The normalized spacial score (nSPS) is 25.9. The summed E-state index contributed by atoms with van der Waals surface area (Å²) in [6.45, 7) is 3.96. The minimum atomic E-state index is -0.667. The summed E-state index contributed by atoms with van der Waals surface area (Å²) in [5.74, 6) is -0.667. The molecule has 1 aliphatic heterocycles. The quantitative estimate of drug-likeness (QED) is 0.627. The summed E-state index contributed by atoms with van der Waals surface area (Å²) in [6.07, 6.45) is 1.87. The van der Waals surface area contributed by atoms with Crippen molar-refractivity contribution in [2.45, 2.75) is 25.8 Å². The molecule has 3 heteroatoms. The molecule has 58 valence electrons. The minimum Gasteiger partial charge on any atom is -0.480 e. The van der Waals surface area contributed by atoms with E-state index in [-0.39, 0.29) is 6.04 Å². The number of carbonyl (C=O) groups is 1. The number of rotatable bonds is 3. The fourth-order valence-corrected chi connectivity index (χ4v) is 1.28. The minimum absolute atomic E-state index is 0.181. The number of carboxylic acid groups (broad SMARTS) is 1. The van der Waals surface area contributed by atoms with Crippen molar-refractivity contribution in [1.29, 1.82) is 0 Å². The van der Waals surface area contributed by atoms with Gasteiger partial charge in [-0.3, -0.25) is 9.69 Å². The summed E-state index contributed by atoms with van der Waals surface area (Å²) in [5, 5.41) is 8.59. The summed E-state index contributed by atoms with van der Waals surface area (Å²) in [7, 11) is 0. The van der Waals surface area contributed by atoms with Crippen LogP contribution in [0, 0.1) is 0 Å². The molecule has 1 aliphatic rings. The van der Waals surface area contributed by atoms with Crippen molar-refractivity contribution in [2.24, 2.45) is 0 Å². The van der Waals surface area contributed by atoms with Gasteiger partial charge in [-0.15, -0.1) is 0 Å². The second-order valence-electron chi connectivity index (χ2n) is 2.68. The van der Waals surface area contributed by atoms with Crippen LogP contribution in [0.25, 0.3) is 0 Å². The van der Waals surface area contributed by atoms with Crippen LogP contribution in [0.15, 0.2) is 0 Å². The third-order valence-electron chi connectivity index (χ3n) is 1.93. The molecule has 0 amide bonds. The lowest BCUT2D eigenvalue weighted by Gasteiger charge is -2.37. The lowest BCUT2D eigenvalue weighted by Crippen LogP contribution is -2.52. The molecule has 0 bridgehead atoms. The number of carboxylic acids is 1. The molecule has 1 saturated heterocycles. The van der Waals surface area contributed by atoms with E-state index in [4.69, 9.17) is 5.11 Å². The standard InChI is InChI=1S/C7H13NO2/c1-2-4-8-5-3-6(8)7(9)10/h6H,2-5H2,1H3,(H,9,10)/t6-/m1/s1. The molecule has 0 aromatic heterocycles. The van der Waals surface area contributed by atoms with Gasteiger partial charge in [-0.05, 0) is 19.4 Å². The maximum Gasteiger partial charge on any atom is 0.320 e. The van der Waals surface area contributed by atoms with Gasteiger partial charge in [0.2, 0.25) is 0 Å². The fraction of sp³-hybridized carbons (Fsp3) is 0.857. The van der Waals surface area contributed by atoms with Crippen molar-refractivity contribution in [3.8, 4) is 0 Å². The van der Waals surface area contributed by atoms with Crippen molar-refractivity contribution in [3.05, 3.63) is 0 Å². The topological polar surface area (TPSA) is 40.5 Å². The first-order valence-electron chi connectivity index (χ1n) is 3.72. The molecule has 0 aromatic carbocycles. The van der Waals surface area contributed by atoms with Crippen LogP contribution < -0.4 is 0 Å². The molecule has 1 atom stereocenters. The zero-order chi connectivity index (χ0) is 7.56. The first-order valence-corrected chi connectivity index (χ1v) is 3.72. The Morgan fingerprint density at radius 2 is 2.50 bits per heavy atom. The van der Waals surface area contributed by atoms with Crippen LogP contribution in [0.3, 0.4) is 0 Å². The van der Waals surface area contributed by atoms with Crippen molar-refractivity contribution in [1.82, 2.24) is 4.90 Å². The summed E-state index contributed by atoms with van der Waals surface area (Å²) in [4.78, 5) is 12.4. The maximum absolute atomic E-state index is 10.4. The summed E-state index contributed by atoms with van der Waals surface area (Å²) in [6, 6.07) is -0.181. The Hall–Kier alpha value is -0.570. The molecule has 0 saturated carbocycles. The highest BCUT2D eigenvalue weighted by Crippen LogP contribution is 2.16. The Kier molecular flexibility index (Phi) is 2.27. The first-order chi connectivity index (χ1) is 4.75. The zero-order valence-corrected chi connectivity index (χ0v) is 6.21. The highest BCUT2D eigenvalue weighted by atomic mass is 16.4. The van der Waals surface area contributed by atoms with Gasteiger partial charge in [-0.25, -0.2) is 0 Å². The van der Waals surface area contributed by atoms with E-state index in [0.29, 0.717) is 0 Å². The number of likely N-dealkylation sites (tertiary alicyclic amines) is 1. The van der Waals surface area contributed by atoms with E-state index in [1.54, 1.807) is 0 Å². The molecule has 0 spiro atoms. The molecule has 10 heavy (non-hydrogen) atoms. The van der Waals surface area contributed by atoms with E-state index < -0.39 is 5.97 Å². The van der Waals surface area contributed by atoms with Crippen LogP contribution >= 0.6 is 0 Å². The van der Waals surface area contributed by atoms with Crippen molar-refractivity contribution >= 4 is 5.97 Å². The molecular weight excluding hydrogens is 130 g/mol. The maximum atomic E-state index is 10.4. The second kappa shape index (κ2) is 3.01. The Bertz CT molecular complexity index is 136. The Balaban J connectivity index is 2.28. The van der Waals surface area contributed by atoms with Crippen molar-refractivity contribution in [2.75, 3.05) is 13.1 Å². The molecule has 0 aromatic rings.